The number of benzene rings is 1. The summed E-state index contributed by atoms with van der Waals surface area (Å²) in [5.74, 6) is 0.443. The SMILES string of the molecule is CCNc1nc(OCC)nc(OCc2ccccc2Br)n1. The van der Waals surface area contributed by atoms with E-state index < -0.39 is 0 Å². The molecule has 2 aromatic rings. The van der Waals surface area contributed by atoms with E-state index in [9.17, 15) is 0 Å². The highest BCUT2D eigenvalue weighted by atomic mass is 79.9. The summed E-state index contributed by atoms with van der Waals surface area (Å²) in [5, 5.41) is 3.02. The van der Waals surface area contributed by atoms with Crippen molar-refractivity contribution in [2.45, 2.75) is 20.5 Å². The molecule has 6 nitrogen and oxygen atoms in total. The van der Waals surface area contributed by atoms with Crippen molar-refractivity contribution < 1.29 is 9.47 Å². The van der Waals surface area contributed by atoms with E-state index in [1.165, 1.54) is 0 Å². The monoisotopic (exact) mass is 352 g/mol. The number of anilines is 1. The molecule has 1 aromatic carbocycles. The largest absolute Gasteiger partial charge is 0.464 e. The fraction of sp³-hybridized carbons (Fsp3) is 0.357. The Hall–Kier alpha value is -1.89. The van der Waals surface area contributed by atoms with E-state index in [4.69, 9.17) is 9.47 Å². The van der Waals surface area contributed by atoms with Crippen LogP contribution in [0, 0.1) is 0 Å². The third kappa shape index (κ3) is 4.56. The van der Waals surface area contributed by atoms with E-state index in [0.717, 1.165) is 10.0 Å². The summed E-state index contributed by atoms with van der Waals surface area (Å²) in [7, 11) is 0. The number of hydrogen-bond acceptors (Lipinski definition) is 6. The number of aromatic nitrogens is 3. The summed E-state index contributed by atoms with van der Waals surface area (Å²) in [6.45, 7) is 5.39. The number of nitrogens with zero attached hydrogens (tertiary/aromatic N) is 3. The van der Waals surface area contributed by atoms with Crippen molar-refractivity contribution in [3.05, 3.63) is 34.3 Å². The van der Waals surface area contributed by atoms with Gasteiger partial charge in [0.2, 0.25) is 5.95 Å². The molecule has 1 aromatic heterocycles. The molecule has 0 saturated heterocycles. The van der Waals surface area contributed by atoms with Crippen LogP contribution in [0.25, 0.3) is 0 Å². The predicted octanol–water partition coefficient (Wildman–Crippen LogP) is 3.04. The quantitative estimate of drug-likeness (QED) is 0.825. The summed E-state index contributed by atoms with van der Waals surface area (Å²) >= 11 is 3.48. The van der Waals surface area contributed by atoms with Crippen LogP contribution in [-0.2, 0) is 6.61 Å². The van der Waals surface area contributed by atoms with Crippen LogP contribution in [-0.4, -0.2) is 28.1 Å². The highest BCUT2D eigenvalue weighted by Gasteiger charge is 2.09. The molecule has 7 heteroatoms. The number of nitrogens with one attached hydrogen (secondary N) is 1. The summed E-state index contributed by atoms with van der Waals surface area (Å²) < 4.78 is 11.9. The van der Waals surface area contributed by atoms with Crippen molar-refractivity contribution in [3.63, 3.8) is 0 Å². The fourth-order valence-corrected chi connectivity index (χ4v) is 1.99. The standard InChI is InChI=1S/C14H17BrN4O2/c1-3-16-12-17-13(20-4-2)19-14(18-12)21-9-10-7-5-6-8-11(10)15/h5-8H,3-4,9H2,1-2H3,(H,16,17,18,19). The van der Waals surface area contributed by atoms with Gasteiger partial charge in [0.05, 0.1) is 6.61 Å². The Kier molecular flexibility index (Phi) is 5.74. The van der Waals surface area contributed by atoms with Crippen molar-refractivity contribution in [1.82, 2.24) is 15.0 Å². The molecule has 0 aliphatic heterocycles. The van der Waals surface area contributed by atoms with Gasteiger partial charge in [-0.1, -0.05) is 34.1 Å². The summed E-state index contributed by atoms with van der Waals surface area (Å²) in [6, 6.07) is 8.33. The molecular formula is C14H17BrN4O2. The minimum atomic E-state index is 0.236. The maximum absolute atomic E-state index is 5.63. The maximum atomic E-state index is 5.63. The molecular weight excluding hydrogens is 336 g/mol. The van der Waals surface area contributed by atoms with Gasteiger partial charge < -0.3 is 14.8 Å². The van der Waals surface area contributed by atoms with Gasteiger partial charge in [-0.2, -0.15) is 9.97 Å². The predicted molar refractivity (Wildman–Crippen MR) is 83.6 cm³/mol. The van der Waals surface area contributed by atoms with E-state index in [2.05, 4.69) is 36.2 Å². The zero-order valence-corrected chi connectivity index (χ0v) is 13.6. The van der Waals surface area contributed by atoms with Crippen LogP contribution in [0.4, 0.5) is 5.95 Å². The normalized spacial score (nSPS) is 10.2. The van der Waals surface area contributed by atoms with E-state index >= 15 is 0 Å². The van der Waals surface area contributed by atoms with Gasteiger partial charge in [0.1, 0.15) is 6.61 Å². The molecule has 2 rings (SSSR count). The molecule has 0 unspecified atom stereocenters. The Bertz CT molecular complexity index is 571. The minimum absolute atomic E-state index is 0.236. The first-order chi connectivity index (χ1) is 10.2. The lowest BCUT2D eigenvalue weighted by molar-refractivity contribution is 0.261. The van der Waals surface area contributed by atoms with Gasteiger partial charge in [0, 0.05) is 16.6 Å². The van der Waals surface area contributed by atoms with E-state index in [1.54, 1.807) is 0 Å². The molecule has 0 aliphatic carbocycles. The van der Waals surface area contributed by atoms with Crippen LogP contribution >= 0.6 is 15.9 Å². The molecule has 0 atom stereocenters. The smallest absolute Gasteiger partial charge is 0.324 e. The van der Waals surface area contributed by atoms with Crippen LogP contribution in [0.2, 0.25) is 0 Å². The Balaban J connectivity index is 2.13. The maximum Gasteiger partial charge on any atom is 0.324 e. The Morgan fingerprint density at radius 1 is 1.05 bits per heavy atom. The molecule has 112 valence electrons. The van der Waals surface area contributed by atoms with Crippen molar-refractivity contribution >= 4 is 21.9 Å². The zero-order valence-electron chi connectivity index (χ0n) is 12.0. The summed E-state index contributed by atoms with van der Waals surface area (Å²) in [6.07, 6.45) is 0. The van der Waals surface area contributed by atoms with Crippen LogP contribution in [0.3, 0.4) is 0 Å². The number of rotatable bonds is 7. The van der Waals surface area contributed by atoms with Gasteiger partial charge >= 0.3 is 12.0 Å². The topological polar surface area (TPSA) is 69.2 Å². The Labute approximate surface area is 132 Å². The summed E-state index contributed by atoms with van der Waals surface area (Å²) in [4.78, 5) is 12.5. The van der Waals surface area contributed by atoms with Gasteiger partial charge in [-0.25, -0.2) is 0 Å². The molecule has 0 saturated carbocycles. The lowest BCUT2D eigenvalue weighted by Gasteiger charge is -2.09. The third-order valence-corrected chi connectivity index (χ3v) is 3.29. The van der Waals surface area contributed by atoms with Gasteiger partial charge in [0.25, 0.3) is 0 Å². The third-order valence-electron chi connectivity index (χ3n) is 2.52. The lowest BCUT2D eigenvalue weighted by Crippen LogP contribution is -2.09. The molecule has 0 radical (unpaired) electrons. The molecule has 1 N–H and O–H groups in total. The zero-order chi connectivity index (χ0) is 15.1. The average Bonchev–Trinajstić information content (AvgIpc) is 2.47. The molecule has 0 aliphatic rings. The Morgan fingerprint density at radius 2 is 1.76 bits per heavy atom. The minimum Gasteiger partial charge on any atom is -0.464 e. The molecule has 0 amide bonds. The number of halogens is 1. The number of ether oxygens (including phenoxy) is 2. The van der Waals surface area contributed by atoms with Crippen LogP contribution in [0.1, 0.15) is 19.4 Å². The second-order valence-corrected chi connectivity index (χ2v) is 4.92. The van der Waals surface area contributed by atoms with E-state index in [-0.39, 0.29) is 12.0 Å². The molecule has 21 heavy (non-hydrogen) atoms. The van der Waals surface area contributed by atoms with Crippen molar-refractivity contribution in [3.8, 4) is 12.0 Å². The molecule has 1 heterocycles. The average molecular weight is 353 g/mol. The second-order valence-electron chi connectivity index (χ2n) is 4.07. The van der Waals surface area contributed by atoms with Crippen LogP contribution < -0.4 is 14.8 Å². The van der Waals surface area contributed by atoms with Gasteiger partial charge in [-0.05, 0) is 19.9 Å². The van der Waals surface area contributed by atoms with Crippen LogP contribution in [0.5, 0.6) is 12.0 Å². The first-order valence-corrected chi connectivity index (χ1v) is 7.51. The first-order valence-electron chi connectivity index (χ1n) is 6.71. The highest BCUT2D eigenvalue weighted by Crippen LogP contribution is 2.19. The fourth-order valence-electron chi connectivity index (χ4n) is 1.59. The molecule has 0 fully saturated rings. The highest BCUT2D eigenvalue weighted by molar-refractivity contribution is 9.10. The molecule has 0 bridgehead atoms. The van der Waals surface area contributed by atoms with E-state index in [0.29, 0.717) is 25.7 Å². The van der Waals surface area contributed by atoms with Crippen LogP contribution in [0.15, 0.2) is 28.7 Å². The van der Waals surface area contributed by atoms with E-state index in [1.807, 2.05) is 38.1 Å². The lowest BCUT2D eigenvalue weighted by atomic mass is 10.2. The van der Waals surface area contributed by atoms with Crippen molar-refractivity contribution in [2.24, 2.45) is 0 Å². The Morgan fingerprint density at radius 3 is 2.43 bits per heavy atom. The molecule has 0 spiro atoms. The van der Waals surface area contributed by atoms with Gasteiger partial charge in [-0.15, -0.1) is 4.98 Å². The second kappa shape index (κ2) is 7.78. The number of hydrogen-bond donors (Lipinski definition) is 1. The first kappa shape index (κ1) is 15.5. The van der Waals surface area contributed by atoms with Gasteiger partial charge in [-0.3, -0.25) is 0 Å². The van der Waals surface area contributed by atoms with Crippen molar-refractivity contribution in [2.75, 3.05) is 18.5 Å². The van der Waals surface area contributed by atoms with Gasteiger partial charge in [0.15, 0.2) is 0 Å². The summed E-state index contributed by atoms with van der Waals surface area (Å²) in [5.41, 5.74) is 1.01. The van der Waals surface area contributed by atoms with Crippen molar-refractivity contribution in [1.29, 1.82) is 0 Å².